The summed E-state index contributed by atoms with van der Waals surface area (Å²) >= 11 is 0. The molecule has 182 valence electrons. The number of rotatable bonds is 3. The van der Waals surface area contributed by atoms with Gasteiger partial charge in [-0.15, -0.1) is 0 Å². The van der Waals surface area contributed by atoms with Crippen molar-refractivity contribution in [2.45, 2.75) is 77.7 Å². The zero-order chi connectivity index (χ0) is 23.3. The number of allylic oxidation sites excluding steroid dienone is 3. The molecule has 4 nitrogen and oxygen atoms in total. The zero-order valence-corrected chi connectivity index (χ0v) is 20.9. The van der Waals surface area contributed by atoms with Crippen LogP contribution in [0.4, 0.5) is 0 Å². The van der Waals surface area contributed by atoms with E-state index in [1.165, 1.54) is 36.8 Å². The molecule has 1 aliphatic heterocycles. The maximum absolute atomic E-state index is 12.8. The summed E-state index contributed by atoms with van der Waals surface area (Å²) < 4.78 is 6.09. The van der Waals surface area contributed by atoms with Gasteiger partial charge in [-0.05, 0) is 110 Å². The lowest BCUT2D eigenvalue weighted by Crippen LogP contribution is -2.50. The predicted octanol–water partition coefficient (Wildman–Crippen LogP) is 5.95. The van der Waals surface area contributed by atoms with Gasteiger partial charge in [-0.25, -0.2) is 0 Å². The van der Waals surface area contributed by atoms with Gasteiger partial charge >= 0.3 is 5.97 Å². The van der Waals surface area contributed by atoms with Crippen molar-refractivity contribution < 1.29 is 9.53 Å². The van der Waals surface area contributed by atoms with Gasteiger partial charge in [-0.1, -0.05) is 37.6 Å². The van der Waals surface area contributed by atoms with Crippen molar-refractivity contribution in [2.24, 2.45) is 34.5 Å². The summed E-state index contributed by atoms with van der Waals surface area (Å²) in [4.78, 5) is 17.2. The van der Waals surface area contributed by atoms with Crippen LogP contribution < -0.4 is 5.32 Å². The quantitative estimate of drug-likeness (QED) is 0.447. The Morgan fingerprint density at radius 2 is 1.85 bits per heavy atom. The molecule has 6 unspecified atom stereocenters. The van der Waals surface area contributed by atoms with E-state index in [2.05, 4.69) is 54.6 Å². The third-order valence-corrected chi connectivity index (χ3v) is 10.6. The van der Waals surface area contributed by atoms with Gasteiger partial charge in [0.2, 0.25) is 0 Å². The Bertz CT molecular complexity index is 994. The fourth-order valence-corrected chi connectivity index (χ4v) is 8.58. The first kappa shape index (κ1) is 22.5. The van der Waals surface area contributed by atoms with Crippen LogP contribution in [0.2, 0.25) is 0 Å². The molecular formula is C30H40N2O2. The SMILES string of the molecule is CC12CCC(OC(=O)C3CCNCC3)CC1=CCC1C2CCC2(C)C(c3cccnc3)=CCC12. The molecule has 3 fully saturated rings. The second-order valence-corrected chi connectivity index (χ2v) is 12.1. The minimum Gasteiger partial charge on any atom is -0.462 e. The average Bonchev–Trinajstić information content (AvgIpc) is 3.22. The molecule has 2 saturated carbocycles. The summed E-state index contributed by atoms with van der Waals surface area (Å²) in [7, 11) is 0. The number of ether oxygens (including phenoxy) is 1. The molecule has 1 aromatic rings. The Morgan fingerprint density at radius 1 is 1.03 bits per heavy atom. The molecule has 0 spiro atoms. The molecule has 2 heterocycles. The van der Waals surface area contributed by atoms with Crippen molar-refractivity contribution in [3.63, 3.8) is 0 Å². The highest BCUT2D eigenvalue weighted by molar-refractivity contribution is 5.73. The highest BCUT2D eigenvalue weighted by Gasteiger charge is 2.57. The molecule has 1 aromatic heterocycles. The molecule has 0 amide bonds. The summed E-state index contributed by atoms with van der Waals surface area (Å²) in [5, 5.41) is 3.35. The molecule has 6 atom stereocenters. The van der Waals surface area contributed by atoms with E-state index in [0.29, 0.717) is 0 Å². The number of carbonyl (C=O) groups is 1. The number of aromatic nitrogens is 1. The number of carbonyl (C=O) groups excluding carboxylic acids is 1. The molecule has 1 N–H and O–H groups in total. The molecule has 0 aromatic carbocycles. The van der Waals surface area contributed by atoms with Crippen LogP contribution in [-0.2, 0) is 9.53 Å². The highest BCUT2D eigenvalue weighted by Crippen LogP contribution is 2.66. The Morgan fingerprint density at radius 3 is 2.65 bits per heavy atom. The van der Waals surface area contributed by atoms with Gasteiger partial charge < -0.3 is 10.1 Å². The number of esters is 1. The van der Waals surface area contributed by atoms with E-state index < -0.39 is 0 Å². The first-order chi connectivity index (χ1) is 16.5. The monoisotopic (exact) mass is 460 g/mol. The van der Waals surface area contributed by atoms with Crippen molar-refractivity contribution >= 4 is 11.5 Å². The van der Waals surface area contributed by atoms with Gasteiger partial charge in [0.1, 0.15) is 6.10 Å². The van der Waals surface area contributed by atoms with Crippen molar-refractivity contribution in [2.75, 3.05) is 13.1 Å². The third kappa shape index (κ3) is 3.59. The molecule has 34 heavy (non-hydrogen) atoms. The number of hydrogen-bond donors (Lipinski definition) is 1. The Hall–Kier alpha value is -1.94. The van der Waals surface area contributed by atoms with E-state index >= 15 is 0 Å². The maximum atomic E-state index is 12.8. The lowest BCUT2D eigenvalue weighted by Gasteiger charge is -2.58. The minimum absolute atomic E-state index is 0.0535. The number of nitrogens with one attached hydrogen (secondary N) is 1. The highest BCUT2D eigenvalue weighted by atomic mass is 16.5. The van der Waals surface area contributed by atoms with Gasteiger partial charge in [0, 0.05) is 18.8 Å². The topological polar surface area (TPSA) is 51.2 Å². The Kier molecular flexibility index (Phi) is 5.71. The average molecular weight is 461 g/mol. The first-order valence-corrected chi connectivity index (χ1v) is 13.7. The van der Waals surface area contributed by atoms with E-state index in [4.69, 9.17) is 4.74 Å². The molecule has 6 rings (SSSR count). The standard InChI is InChI=1S/C30H40N2O2/c1-29-13-9-23(34-28(33)20-11-16-31-17-12-20)18-22(29)5-6-24-26-8-7-25(21-4-3-15-32-19-21)30(26,2)14-10-27(24)29/h3-5,7,15,19-20,23-24,26-27,31H,6,8-14,16-18H2,1-2H3. The Labute approximate surface area is 204 Å². The van der Waals surface area contributed by atoms with E-state index in [1.807, 2.05) is 6.20 Å². The minimum atomic E-state index is 0.0535. The van der Waals surface area contributed by atoms with Crippen LogP contribution in [0.1, 0.15) is 77.2 Å². The van der Waals surface area contributed by atoms with E-state index in [1.54, 1.807) is 5.57 Å². The van der Waals surface area contributed by atoms with E-state index in [0.717, 1.165) is 62.9 Å². The van der Waals surface area contributed by atoms with Crippen LogP contribution >= 0.6 is 0 Å². The number of pyridine rings is 1. The molecule has 4 aliphatic carbocycles. The van der Waals surface area contributed by atoms with Crippen LogP contribution in [0, 0.1) is 34.5 Å². The second-order valence-electron chi connectivity index (χ2n) is 12.1. The summed E-state index contributed by atoms with van der Waals surface area (Å²) in [5.74, 6) is 2.39. The summed E-state index contributed by atoms with van der Waals surface area (Å²) in [6.07, 6.45) is 19.1. The predicted molar refractivity (Wildman–Crippen MR) is 135 cm³/mol. The number of piperidine rings is 1. The van der Waals surface area contributed by atoms with Crippen molar-refractivity contribution in [1.29, 1.82) is 0 Å². The largest absolute Gasteiger partial charge is 0.462 e. The van der Waals surface area contributed by atoms with Crippen LogP contribution in [0.25, 0.3) is 5.57 Å². The normalized spacial score (nSPS) is 39.8. The van der Waals surface area contributed by atoms with Gasteiger partial charge in [0.25, 0.3) is 0 Å². The van der Waals surface area contributed by atoms with Gasteiger partial charge in [-0.3, -0.25) is 9.78 Å². The lowest BCUT2D eigenvalue weighted by molar-refractivity contribution is -0.157. The number of nitrogens with zero attached hydrogens (tertiary/aromatic N) is 1. The van der Waals surface area contributed by atoms with Gasteiger partial charge in [0.05, 0.1) is 5.92 Å². The van der Waals surface area contributed by atoms with Gasteiger partial charge in [-0.2, -0.15) is 0 Å². The first-order valence-electron chi connectivity index (χ1n) is 13.7. The summed E-state index contributed by atoms with van der Waals surface area (Å²) in [6.45, 7) is 6.94. The summed E-state index contributed by atoms with van der Waals surface area (Å²) in [6, 6.07) is 4.32. The van der Waals surface area contributed by atoms with E-state index in [-0.39, 0.29) is 28.8 Å². The second kappa shape index (κ2) is 8.62. The van der Waals surface area contributed by atoms with Crippen molar-refractivity contribution in [1.82, 2.24) is 10.3 Å². The molecule has 4 heteroatoms. The summed E-state index contributed by atoms with van der Waals surface area (Å²) in [5.41, 5.74) is 5.00. The fraction of sp³-hybridized carbons (Fsp3) is 0.667. The van der Waals surface area contributed by atoms with Crippen molar-refractivity contribution in [3.8, 4) is 0 Å². The zero-order valence-electron chi connectivity index (χ0n) is 20.9. The van der Waals surface area contributed by atoms with Crippen LogP contribution in [0.3, 0.4) is 0 Å². The lowest BCUT2D eigenvalue weighted by atomic mass is 9.47. The molecular weight excluding hydrogens is 420 g/mol. The Balaban J connectivity index is 1.17. The number of hydrogen-bond acceptors (Lipinski definition) is 4. The fourth-order valence-electron chi connectivity index (χ4n) is 8.58. The molecule has 1 saturated heterocycles. The molecule has 5 aliphatic rings. The smallest absolute Gasteiger partial charge is 0.309 e. The van der Waals surface area contributed by atoms with Crippen LogP contribution in [0.5, 0.6) is 0 Å². The van der Waals surface area contributed by atoms with Crippen LogP contribution in [0.15, 0.2) is 42.3 Å². The number of fused-ring (bicyclic) bond motifs is 5. The third-order valence-electron chi connectivity index (χ3n) is 10.6. The van der Waals surface area contributed by atoms with Gasteiger partial charge in [0.15, 0.2) is 0 Å². The molecule has 0 bridgehead atoms. The van der Waals surface area contributed by atoms with Crippen molar-refractivity contribution in [3.05, 3.63) is 47.8 Å². The molecule has 0 radical (unpaired) electrons. The maximum Gasteiger partial charge on any atom is 0.309 e. The van der Waals surface area contributed by atoms with Crippen LogP contribution in [-0.4, -0.2) is 30.1 Å². The van der Waals surface area contributed by atoms with E-state index in [9.17, 15) is 4.79 Å².